The third-order valence-corrected chi connectivity index (χ3v) is 3.79. The summed E-state index contributed by atoms with van der Waals surface area (Å²) < 4.78 is 6.34. The minimum atomic E-state index is -0.461. The molecule has 7 heteroatoms. The highest BCUT2D eigenvalue weighted by Gasteiger charge is 2.10. The van der Waals surface area contributed by atoms with Gasteiger partial charge in [0, 0.05) is 24.4 Å². The highest BCUT2D eigenvalue weighted by molar-refractivity contribution is 6.08. The van der Waals surface area contributed by atoms with Gasteiger partial charge in [-0.05, 0) is 24.3 Å². The van der Waals surface area contributed by atoms with E-state index in [1.54, 1.807) is 36.0 Å². The molecule has 0 aliphatic carbocycles. The first kappa shape index (κ1) is 16.4. The number of fused-ring (bicyclic) bond motifs is 1. The number of hydrogen-bond donors (Lipinski definition) is 1. The van der Waals surface area contributed by atoms with Crippen molar-refractivity contribution in [3.8, 4) is 0 Å². The Labute approximate surface area is 142 Å². The smallest absolute Gasteiger partial charge is 0.337 e. The van der Waals surface area contributed by atoms with Gasteiger partial charge in [0.25, 0.3) is 5.56 Å². The summed E-state index contributed by atoms with van der Waals surface area (Å²) in [4.78, 5) is 42.3. The van der Waals surface area contributed by atoms with Gasteiger partial charge >= 0.3 is 5.97 Å². The summed E-state index contributed by atoms with van der Waals surface area (Å²) >= 11 is 0. The number of allylic oxidation sites excluding steroid dienone is 1. The zero-order valence-corrected chi connectivity index (χ0v) is 13.6. The van der Waals surface area contributed by atoms with Crippen molar-refractivity contribution in [3.63, 3.8) is 0 Å². The number of nitrogens with zero attached hydrogens (tertiary/aromatic N) is 2. The normalized spacial score (nSPS) is 11.1. The van der Waals surface area contributed by atoms with E-state index >= 15 is 0 Å². The molecule has 0 radical (unpaired) electrons. The molecule has 7 nitrogen and oxygen atoms in total. The summed E-state index contributed by atoms with van der Waals surface area (Å²) in [7, 11) is 3.07. The number of aryl methyl sites for hydroxylation is 1. The van der Waals surface area contributed by atoms with Crippen molar-refractivity contribution in [2.45, 2.75) is 0 Å². The fourth-order valence-electron chi connectivity index (χ4n) is 2.53. The van der Waals surface area contributed by atoms with Crippen LogP contribution < -0.4 is 5.56 Å². The largest absolute Gasteiger partial charge is 0.465 e. The number of benzene rings is 1. The zero-order valence-electron chi connectivity index (χ0n) is 13.6. The Bertz CT molecular complexity index is 1040. The molecule has 0 amide bonds. The van der Waals surface area contributed by atoms with Gasteiger partial charge in [-0.25, -0.2) is 9.78 Å². The number of methoxy groups -OCH3 is 1. The standard InChI is InChI=1S/C18H15N3O4/c1-21-9-13(15-16(21)19-10-20-17(15)23)7-8-14(22)11-3-5-12(6-4-11)18(24)25-2/h3-10H,1-2H3,(H,19,20,23). The van der Waals surface area contributed by atoms with Crippen molar-refractivity contribution in [1.82, 2.24) is 14.5 Å². The van der Waals surface area contributed by atoms with E-state index in [9.17, 15) is 14.4 Å². The van der Waals surface area contributed by atoms with E-state index in [0.717, 1.165) is 0 Å². The number of carbonyl (C=O) groups is 2. The van der Waals surface area contributed by atoms with Crippen LogP contribution in [0.3, 0.4) is 0 Å². The number of rotatable bonds is 4. The van der Waals surface area contributed by atoms with E-state index in [1.165, 1.54) is 31.6 Å². The van der Waals surface area contributed by atoms with Gasteiger partial charge in [-0.15, -0.1) is 0 Å². The molecule has 0 unspecified atom stereocenters. The van der Waals surface area contributed by atoms with E-state index in [1.807, 2.05) is 0 Å². The van der Waals surface area contributed by atoms with Crippen LogP contribution in [0, 0.1) is 0 Å². The minimum absolute atomic E-state index is 0.242. The summed E-state index contributed by atoms with van der Waals surface area (Å²) in [5, 5.41) is 0.426. The molecule has 3 aromatic rings. The number of ketones is 1. The van der Waals surface area contributed by atoms with Crippen molar-refractivity contribution in [2.24, 2.45) is 7.05 Å². The molecule has 2 heterocycles. The lowest BCUT2D eigenvalue weighted by Gasteiger charge is -2.00. The molecular weight excluding hydrogens is 322 g/mol. The molecule has 0 spiro atoms. The Kier molecular flexibility index (Phi) is 4.30. The van der Waals surface area contributed by atoms with Gasteiger partial charge in [-0.1, -0.05) is 12.1 Å². The van der Waals surface area contributed by atoms with E-state index in [2.05, 4.69) is 14.7 Å². The van der Waals surface area contributed by atoms with Crippen LogP contribution in [0.5, 0.6) is 0 Å². The highest BCUT2D eigenvalue weighted by atomic mass is 16.5. The number of aromatic amines is 1. The topological polar surface area (TPSA) is 94.1 Å². The van der Waals surface area contributed by atoms with Crippen LogP contribution in [0.2, 0.25) is 0 Å². The first-order chi connectivity index (χ1) is 12.0. The summed E-state index contributed by atoms with van der Waals surface area (Å²) in [6, 6.07) is 6.16. The van der Waals surface area contributed by atoms with E-state index < -0.39 is 5.97 Å². The molecule has 1 N–H and O–H groups in total. The third kappa shape index (κ3) is 3.12. The van der Waals surface area contributed by atoms with Crippen LogP contribution in [0.15, 0.2) is 47.7 Å². The van der Waals surface area contributed by atoms with Crippen molar-refractivity contribution in [1.29, 1.82) is 0 Å². The Morgan fingerprint density at radius 1 is 1.20 bits per heavy atom. The lowest BCUT2D eigenvalue weighted by atomic mass is 10.1. The lowest BCUT2D eigenvalue weighted by Crippen LogP contribution is -2.06. The van der Waals surface area contributed by atoms with Crippen LogP contribution in [-0.2, 0) is 11.8 Å². The van der Waals surface area contributed by atoms with Crippen molar-refractivity contribution >= 4 is 28.9 Å². The SMILES string of the molecule is COC(=O)c1ccc(C(=O)C=Cc2cn(C)c3nc[nH]c(=O)c23)cc1. The van der Waals surface area contributed by atoms with Gasteiger partial charge in [-0.2, -0.15) is 0 Å². The van der Waals surface area contributed by atoms with Gasteiger partial charge in [0.15, 0.2) is 5.78 Å². The average molecular weight is 337 g/mol. The van der Waals surface area contributed by atoms with Gasteiger partial charge in [0.05, 0.1) is 24.4 Å². The van der Waals surface area contributed by atoms with Crippen molar-refractivity contribution in [3.05, 3.63) is 69.9 Å². The van der Waals surface area contributed by atoms with E-state index in [-0.39, 0.29) is 11.3 Å². The summed E-state index contributed by atoms with van der Waals surface area (Å²) in [5.41, 5.74) is 1.68. The maximum Gasteiger partial charge on any atom is 0.337 e. The molecule has 0 aliphatic heterocycles. The van der Waals surface area contributed by atoms with Crippen LogP contribution in [0.4, 0.5) is 0 Å². The molecular formula is C18H15N3O4. The quantitative estimate of drug-likeness (QED) is 0.446. The molecule has 0 saturated carbocycles. The number of hydrogen-bond acceptors (Lipinski definition) is 5. The monoisotopic (exact) mass is 337 g/mol. The second-order valence-corrected chi connectivity index (χ2v) is 5.39. The van der Waals surface area contributed by atoms with Gasteiger partial charge in [0.1, 0.15) is 5.65 Å². The fraction of sp³-hybridized carbons (Fsp3) is 0.111. The number of esters is 1. The Hall–Kier alpha value is -3.48. The summed E-state index contributed by atoms with van der Waals surface area (Å²) in [6.45, 7) is 0. The molecule has 1 aromatic carbocycles. The molecule has 3 rings (SSSR count). The van der Waals surface area contributed by atoms with Gasteiger partial charge in [0.2, 0.25) is 0 Å². The summed E-state index contributed by atoms with van der Waals surface area (Å²) in [5.74, 6) is -0.703. The number of H-pyrrole nitrogens is 1. The Balaban J connectivity index is 1.89. The predicted octanol–water partition coefficient (Wildman–Crippen LogP) is 1.94. The van der Waals surface area contributed by atoms with Crippen LogP contribution in [0.25, 0.3) is 17.1 Å². The van der Waals surface area contributed by atoms with Crippen molar-refractivity contribution < 1.29 is 14.3 Å². The third-order valence-electron chi connectivity index (χ3n) is 3.79. The molecule has 0 bridgehead atoms. The van der Waals surface area contributed by atoms with Crippen LogP contribution in [0.1, 0.15) is 26.3 Å². The highest BCUT2D eigenvalue weighted by Crippen LogP contribution is 2.16. The molecule has 2 aromatic heterocycles. The maximum absolute atomic E-state index is 12.3. The van der Waals surface area contributed by atoms with Crippen LogP contribution >= 0.6 is 0 Å². The second-order valence-electron chi connectivity index (χ2n) is 5.39. The second kappa shape index (κ2) is 6.56. The van der Waals surface area contributed by atoms with Gasteiger partial charge in [-0.3, -0.25) is 9.59 Å². The number of nitrogens with one attached hydrogen (secondary N) is 1. The lowest BCUT2D eigenvalue weighted by molar-refractivity contribution is 0.0600. The number of carbonyl (C=O) groups excluding carboxylic acids is 2. The number of ether oxygens (including phenoxy) is 1. The Morgan fingerprint density at radius 3 is 2.56 bits per heavy atom. The zero-order chi connectivity index (χ0) is 18.0. The first-order valence-corrected chi connectivity index (χ1v) is 7.44. The van der Waals surface area contributed by atoms with Crippen LogP contribution in [-0.4, -0.2) is 33.4 Å². The summed E-state index contributed by atoms with van der Waals surface area (Å²) in [6.07, 6.45) is 6.04. The average Bonchev–Trinajstić information content (AvgIpc) is 2.96. The first-order valence-electron chi connectivity index (χ1n) is 7.44. The Morgan fingerprint density at radius 2 is 1.88 bits per heavy atom. The molecule has 0 aliphatic rings. The molecule has 0 saturated heterocycles. The van der Waals surface area contributed by atoms with E-state index in [0.29, 0.717) is 27.7 Å². The fourth-order valence-corrected chi connectivity index (χ4v) is 2.53. The van der Waals surface area contributed by atoms with E-state index in [4.69, 9.17) is 0 Å². The maximum atomic E-state index is 12.3. The predicted molar refractivity (Wildman–Crippen MR) is 92.5 cm³/mol. The molecule has 0 fully saturated rings. The minimum Gasteiger partial charge on any atom is -0.465 e. The molecule has 0 atom stereocenters. The molecule has 126 valence electrons. The molecule has 25 heavy (non-hydrogen) atoms. The van der Waals surface area contributed by atoms with Crippen molar-refractivity contribution in [2.75, 3.05) is 7.11 Å². The van der Waals surface area contributed by atoms with Gasteiger partial charge < -0.3 is 14.3 Å². The number of aromatic nitrogens is 3.